The van der Waals surface area contributed by atoms with Crippen molar-refractivity contribution >= 4 is 28.3 Å². The lowest BCUT2D eigenvalue weighted by Crippen LogP contribution is -2.34. The van der Waals surface area contributed by atoms with Gasteiger partial charge in [-0.1, -0.05) is 30.3 Å². The smallest absolute Gasteiger partial charge is 0.318 e. The van der Waals surface area contributed by atoms with Crippen molar-refractivity contribution in [3.05, 3.63) is 53.2 Å². The number of hydrogen-bond acceptors (Lipinski definition) is 9. The minimum absolute atomic E-state index is 0.414. The molecule has 1 aromatic heterocycles. The summed E-state index contributed by atoms with van der Waals surface area (Å²) in [4.78, 5) is 18.9. The van der Waals surface area contributed by atoms with Crippen LogP contribution >= 0.6 is 0 Å². The molecule has 2 N–H and O–H groups in total. The van der Waals surface area contributed by atoms with Crippen molar-refractivity contribution in [1.29, 1.82) is 0 Å². The summed E-state index contributed by atoms with van der Waals surface area (Å²) in [5, 5.41) is 9.36. The van der Waals surface area contributed by atoms with E-state index in [4.69, 9.17) is 19.4 Å². The molecule has 200 valence electrons. The van der Waals surface area contributed by atoms with Crippen molar-refractivity contribution in [3.63, 3.8) is 0 Å². The van der Waals surface area contributed by atoms with Crippen molar-refractivity contribution in [3.8, 4) is 6.01 Å². The molecule has 2 aromatic carbocycles. The SMILES string of the molecule is Cc1cccc2cccc(N3CCc4c(nc(OC[C@@H]5CCCN5C)nc4NCCNC4=NCCO4)C3)c12. The predicted octanol–water partition coefficient (Wildman–Crippen LogP) is 3.36. The number of amidine groups is 1. The normalized spacial score (nSPS) is 19.3. The van der Waals surface area contributed by atoms with E-state index in [-0.39, 0.29) is 0 Å². The van der Waals surface area contributed by atoms with Crippen LogP contribution in [-0.4, -0.2) is 79.9 Å². The van der Waals surface area contributed by atoms with Crippen LogP contribution in [0.2, 0.25) is 0 Å². The number of nitrogens with one attached hydrogen (secondary N) is 2. The number of aryl methyl sites for hydroxylation is 1. The molecule has 0 radical (unpaired) electrons. The number of ether oxygens (including phenoxy) is 2. The Labute approximate surface area is 224 Å². The van der Waals surface area contributed by atoms with Crippen molar-refractivity contribution in [2.24, 2.45) is 4.99 Å². The highest BCUT2D eigenvalue weighted by atomic mass is 16.5. The van der Waals surface area contributed by atoms with Gasteiger partial charge in [-0.15, -0.1) is 0 Å². The first kappa shape index (κ1) is 24.7. The average molecular weight is 516 g/mol. The van der Waals surface area contributed by atoms with Crippen molar-refractivity contribution in [1.82, 2.24) is 20.2 Å². The first-order valence-corrected chi connectivity index (χ1v) is 13.8. The second-order valence-electron chi connectivity index (χ2n) is 10.4. The molecular weight excluding hydrogens is 478 g/mol. The molecular formula is C29H37N7O2. The van der Waals surface area contributed by atoms with Gasteiger partial charge < -0.3 is 29.9 Å². The third-order valence-electron chi connectivity index (χ3n) is 7.83. The first-order valence-electron chi connectivity index (χ1n) is 13.8. The monoisotopic (exact) mass is 515 g/mol. The molecule has 1 saturated heterocycles. The van der Waals surface area contributed by atoms with Gasteiger partial charge >= 0.3 is 6.01 Å². The van der Waals surface area contributed by atoms with Crippen LogP contribution in [0.5, 0.6) is 6.01 Å². The second kappa shape index (κ2) is 11.0. The number of rotatable bonds is 8. The Hall–Kier alpha value is -3.59. The van der Waals surface area contributed by atoms with Crippen molar-refractivity contribution < 1.29 is 9.47 Å². The Morgan fingerprint density at radius 1 is 1.08 bits per heavy atom. The fraction of sp³-hybridized carbons (Fsp3) is 0.483. The molecule has 38 heavy (non-hydrogen) atoms. The maximum Gasteiger partial charge on any atom is 0.318 e. The lowest BCUT2D eigenvalue weighted by molar-refractivity contribution is 0.187. The van der Waals surface area contributed by atoms with Crippen LogP contribution in [0.15, 0.2) is 41.4 Å². The molecule has 3 aliphatic rings. The van der Waals surface area contributed by atoms with Crippen molar-refractivity contribution in [2.45, 2.75) is 38.8 Å². The highest BCUT2D eigenvalue weighted by molar-refractivity contribution is 5.97. The number of likely N-dealkylation sites (tertiary alicyclic amines) is 1. The zero-order valence-corrected chi connectivity index (χ0v) is 22.4. The standard InChI is InChI=1S/C29H37N7O2/c1-20-6-3-7-21-8-4-10-25(26(20)21)36-16-11-23-24(18-36)33-29(38-19-22-9-5-15-35(22)2)34-27(23)30-12-13-31-28-32-14-17-37-28/h3-4,6-8,10,22H,5,9,11-19H2,1-2H3,(H,31,32)(H,30,33,34)/t22-/m0/s1. The molecule has 0 aliphatic carbocycles. The molecule has 0 spiro atoms. The maximum absolute atomic E-state index is 6.21. The van der Waals surface area contributed by atoms with Gasteiger partial charge in [0, 0.05) is 42.3 Å². The molecule has 0 bridgehead atoms. The highest BCUT2D eigenvalue weighted by Crippen LogP contribution is 2.34. The zero-order valence-electron chi connectivity index (χ0n) is 22.4. The molecule has 3 aliphatic heterocycles. The third-order valence-corrected chi connectivity index (χ3v) is 7.83. The van der Waals surface area contributed by atoms with E-state index in [9.17, 15) is 0 Å². The summed E-state index contributed by atoms with van der Waals surface area (Å²) < 4.78 is 11.7. The highest BCUT2D eigenvalue weighted by Gasteiger charge is 2.26. The fourth-order valence-electron chi connectivity index (χ4n) is 5.75. The molecule has 0 unspecified atom stereocenters. The second-order valence-corrected chi connectivity index (χ2v) is 10.4. The number of fused-ring (bicyclic) bond motifs is 2. The number of likely N-dealkylation sites (N-methyl/N-ethyl adjacent to an activating group) is 1. The molecule has 9 heteroatoms. The molecule has 0 amide bonds. The van der Waals surface area contributed by atoms with Crippen LogP contribution in [0.3, 0.4) is 0 Å². The van der Waals surface area contributed by atoms with Gasteiger partial charge in [0.2, 0.25) is 0 Å². The van der Waals surface area contributed by atoms with E-state index in [0.717, 1.165) is 50.5 Å². The van der Waals surface area contributed by atoms with Crippen LogP contribution in [0.4, 0.5) is 11.5 Å². The lowest BCUT2D eigenvalue weighted by Gasteiger charge is -2.32. The van der Waals surface area contributed by atoms with E-state index in [0.29, 0.717) is 44.4 Å². The Balaban J connectivity index is 1.24. The number of aromatic nitrogens is 2. The van der Waals surface area contributed by atoms with Gasteiger partial charge in [-0.05, 0) is 56.8 Å². The largest absolute Gasteiger partial charge is 0.463 e. The van der Waals surface area contributed by atoms with Crippen molar-refractivity contribution in [2.75, 3.05) is 63.2 Å². The average Bonchev–Trinajstić information content (AvgIpc) is 3.61. The summed E-state index contributed by atoms with van der Waals surface area (Å²) in [5.74, 6) is 0.870. The maximum atomic E-state index is 6.21. The van der Waals surface area contributed by atoms with Gasteiger partial charge in [0.25, 0.3) is 6.02 Å². The number of anilines is 2. The summed E-state index contributed by atoms with van der Waals surface area (Å²) in [6.45, 7) is 8.32. The molecule has 6 rings (SSSR count). The van der Waals surface area contributed by atoms with Crippen LogP contribution in [-0.2, 0) is 17.7 Å². The lowest BCUT2D eigenvalue weighted by atomic mass is 10.00. The van der Waals surface area contributed by atoms with Gasteiger partial charge in [-0.2, -0.15) is 9.97 Å². The number of nitrogens with zero attached hydrogens (tertiary/aromatic N) is 5. The molecule has 3 aromatic rings. The van der Waals surface area contributed by atoms with E-state index in [1.807, 2.05) is 0 Å². The number of hydrogen-bond donors (Lipinski definition) is 2. The fourth-order valence-corrected chi connectivity index (χ4v) is 5.75. The van der Waals surface area contributed by atoms with Crippen LogP contribution < -0.4 is 20.3 Å². The van der Waals surface area contributed by atoms with Gasteiger partial charge in [0.05, 0.1) is 18.8 Å². The summed E-state index contributed by atoms with van der Waals surface area (Å²) in [7, 11) is 2.16. The summed E-state index contributed by atoms with van der Waals surface area (Å²) >= 11 is 0. The van der Waals surface area contributed by atoms with Crippen LogP contribution in [0.1, 0.15) is 29.7 Å². The Morgan fingerprint density at radius 3 is 2.76 bits per heavy atom. The number of benzene rings is 2. The summed E-state index contributed by atoms with van der Waals surface area (Å²) in [5.41, 5.74) is 4.77. The van der Waals surface area contributed by atoms with E-state index in [1.165, 1.54) is 34.0 Å². The van der Waals surface area contributed by atoms with Crippen LogP contribution in [0, 0.1) is 6.92 Å². The van der Waals surface area contributed by atoms with Gasteiger partial charge in [0.1, 0.15) is 19.0 Å². The first-order chi connectivity index (χ1) is 18.7. The van der Waals surface area contributed by atoms with Gasteiger partial charge in [-0.3, -0.25) is 0 Å². The minimum Gasteiger partial charge on any atom is -0.463 e. The summed E-state index contributed by atoms with van der Waals surface area (Å²) in [6, 6.07) is 14.6. The predicted molar refractivity (Wildman–Crippen MR) is 151 cm³/mol. The Bertz CT molecular complexity index is 1320. The Morgan fingerprint density at radius 2 is 1.95 bits per heavy atom. The van der Waals surface area contributed by atoms with Gasteiger partial charge in [0.15, 0.2) is 0 Å². The van der Waals surface area contributed by atoms with E-state index in [2.05, 4.69) is 75.8 Å². The topological polar surface area (TPSA) is 87.1 Å². The quantitative estimate of drug-likeness (QED) is 0.442. The zero-order chi connectivity index (χ0) is 25.9. The molecule has 4 heterocycles. The summed E-state index contributed by atoms with van der Waals surface area (Å²) in [6.07, 6.45) is 3.23. The Kier molecular flexibility index (Phi) is 7.18. The molecule has 0 saturated carbocycles. The van der Waals surface area contributed by atoms with Crippen LogP contribution in [0.25, 0.3) is 10.8 Å². The third kappa shape index (κ3) is 5.20. The van der Waals surface area contributed by atoms with E-state index >= 15 is 0 Å². The molecule has 1 atom stereocenters. The van der Waals surface area contributed by atoms with E-state index in [1.54, 1.807) is 0 Å². The molecule has 9 nitrogen and oxygen atoms in total. The molecule has 1 fully saturated rings. The number of aliphatic imine (C=N–C) groups is 1. The minimum atomic E-state index is 0.414. The van der Waals surface area contributed by atoms with E-state index < -0.39 is 0 Å². The van der Waals surface area contributed by atoms with Gasteiger partial charge in [-0.25, -0.2) is 4.99 Å².